The Labute approximate surface area is 184 Å². The molecule has 0 unspecified atom stereocenters. The minimum atomic E-state index is -0.500. The average Bonchev–Trinajstić information content (AvgIpc) is 3.05. The molecule has 32 heavy (non-hydrogen) atoms. The maximum Gasteiger partial charge on any atom is 0.339 e. The number of esters is 1. The zero-order valence-corrected chi connectivity index (χ0v) is 17.8. The first-order valence-electron chi connectivity index (χ1n) is 10.8. The Hall–Kier alpha value is -3.67. The minimum absolute atomic E-state index is 0.0291. The molecule has 6 nitrogen and oxygen atoms in total. The minimum Gasteiger partial charge on any atom is -0.497 e. The first-order valence-corrected chi connectivity index (χ1v) is 10.8. The maximum absolute atomic E-state index is 13.4. The summed E-state index contributed by atoms with van der Waals surface area (Å²) in [6.45, 7) is -0.0291. The quantitative estimate of drug-likeness (QED) is 0.259. The number of fused-ring (bicyclic) bond motifs is 3. The summed E-state index contributed by atoms with van der Waals surface area (Å²) < 4.78 is 16.3. The number of aromatic nitrogens is 1. The van der Waals surface area contributed by atoms with Crippen molar-refractivity contribution in [1.82, 2.24) is 4.98 Å². The molecule has 1 aliphatic carbocycles. The van der Waals surface area contributed by atoms with E-state index in [1.165, 1.54) is 6.07 Å². The third-order valence-corrected chi connectivity index (χ3v) is 6.02. The van der Waals surface area contributed by atoms with Crippen LogP contribution in [0.25, 0.3) is 21.9 Å². The van der Waals surface area contributed by atoms with Crippen molar-refractivity contribution in [3.05, 3.63) is 81.3 Å². The van der Waals surface area contributed by atoms with Gasteiger partial charge in [-0.25, -0.2) is 9.59 Å². The molecule has 2 aromatic heterocycles. The van der Waals surface area contributed by atoms with Gasteiger partial charge in [0.15, 0.2) is 0 Å². The lowest BCUT2D eigenvalue weighted by molar-refractivity contribution is 0.0474. The van der Waals surface area contributed by atoms with Gasteiger partial charge in [0.25, 0.3) is 0 Å². The Morgan fingerprint density at radius 3 is 2.75 bits per heavy atom. The second kappa shape index (κ2) is 8.46. The molecular formula is C26H23NO5. The summed E-state index contributed by atoms with van der Waals surface area (Å²) in [5.41, 5.74) is 3.88. The van der Waals surface area contributed by atoms with Crippen LogP contribution in [-0.4, -0.2) is 18.1 Å². The molecular weight excluding hydrogens is 406 g/mol. The Balaban J connectivity index is 1.53. The van der Waals surface area contributed by atoms with Crippen LogP contribution in [0.5, 0.6) is 5.75 Å². The monoisotopic (exact) mass is 429 g/mol. The third kappa shape index (κ3) is 3.73. The molecule has 5 rings (SSSR count). The highest BCUT2D eigenvalue weighted by molar-refractivity contribution is 6.05. The molecule has 0 atom stereocenters. The van der Waals surface area contributed by atoms with Crippen LogP contribution in [0.3, 0.4) is 0 Å². The Bertz CT molecular complexity index is 1390. The van der Waals surface area contributed by atoms with Crippen molar-refractivity contribution in [3.63, 3.8) is 0 Å². The Kier molecular flexibility index (Phi) is 5.35. The van der Waals surface area contributed by atoms with Gasteiger partial charge in [0.2, 0.25) is 0 Å². The lowest BCUT2D eigenvalue weighted by atomic mass is 9.97. The van der Waals surface area contributed by atoms with E-state index >= 15 is 0 Å². The van der Waals surface area contributed by atoms with Gasteiger partial charge in [-0.1, -0.05) is 24.6 Å². The van der Waals surface area contributed by atoms with Crippen LogP contribution in [0.15, 0.2) is 57.7 Å². The number of benzene rings is 2. The van der Waals surface area contributed by atoms with Crippen molar-refractivity contribution in [2.45, 2.75) is 38.7 Å². The highest BCUT2D eigenvalue weighted by Crippen LogP contribution is 2.30. The molecule has 2 heterocycles. The molecule has 0 saturated carbocycles. The lowest BCUT2D eigenvalue weighted by Gasteiger charge is -2.15. The number of aryl methyl sites for hydroxylation is 1. The van der Waals surface area contributed by atoms with E-state index in [0.717, 1.165) is 54.3 Å². The number of rotatable bonds is 4. The van der Waals surface area contributed by atoms with Gasteiger partial charge in [0.05, 0.1) is 18.2 Å². The number of methoxy groups -OCH3 is 1. The third-order valence-electron chi connectivity index (χ3n) is 6.02. The van der Waals surface area contributed by atoms with Crippen LogP contribution in [-0.2, 0) is 24.2 Å². The van der Waals surface area contributed by atoms with E-state index in [9.17, 15) is 9.59 Å². The summed E-state index contributed by atoms with van der Waals surface area (Å²) >= 11 is 0. The van der Waals surface area contributed by atoms with E-state index in [1.54, 1.807) is 25.3 Å². The summed E-state index contributed by atoms with van der Waals surface area (Å²) in [5.74, 6) is 0.192. The molecule has 1 aliphatic rings. The normalized spacial score (nSPS) is 13.5. The number of carbonyl (C=O) groups excluding carboxylic acids is 1. The Morgan fingerprint density at radius 1 is 1.03 bits per heavy atom. The zero-order valence-electron chi connectivity index (χ0n) is 17.8. The molecule has 0 spiro atoms. The van der Waals surface area contributed by atoms with Crippen molar-refractivity contribution >= 4 is 27.8 Å². The SMILES string of the molecule is COc1ccc2c(COC(=O)c3c4c(nc5ccccc35)CCCCC4)cc(=O)oc2c1. The van der Waals surface area contributed by atoms with Crippen LogP contribution in [0, 0.1) is 0 Å². The Morgan fingerprint density at radius 2 is 1.88 bits per heavy atom. The van der Waals surface area contributed by atoms with Gasteiger partial charge in [0, 0.05) is 34.2 Å². The molecule has 0 N–H and O–H groups in total. The summed E-state index contributed by atoms with van der Waals surface area (Å²) in [5, 5.41) is 1.51. The number of pyridine rings is 1. The number of hydrogen-bond acceptors (Lipinski definition) is 6. The van der Waals surface area contributed by atoms with E-state index in [2.05, 4.69) is 0 Å². The van der Waals surface area contributed by atoms with Crippen molar-refractivity contribution in [1.29, 1.82) is 0 Å². The van der Waals surface area contributed by atoms with E-state index in [0.29, 0.717) is 27.8 Å². The zero-order chi connectivity index (χ0) is 22.1. The predicted octanol–water partition coefficient (Wildman–Crippen LogP) is 4.98. The van der Waals surface area contributed by atoms with Gasteiger partial charge in [-0.15, -0.1) is 0 Å². The second-order valence-corrected chi connectivity index (χ2v) is 8.02. The highest BCUT2D eigenvalue weighted by atomic mass is 16.5. The van der Waals surface area contributed by atoms with Gasteiger partial charge in [0.1, 0.15) is 17.9 Å². The van der Waals surface area contributed by atoms with Crippen LogP contribution >= 0.6 is 0 Å². The highest BCUT2D eigenvalue weighted by Gasteiger charge is 2.23. The van der Waals surface area contributed by atoms with Gasteiger partial charge < -0.3 is 13.9 Å². The number of ether oxygens (including phenoxy) is 2. The summed E-state index contributed by atoms with van der Waals surface area (Å²) in [6, 6.07) is 14.3. The fourth-order valence-electron chi connectivity index (χ4n) is 4.45. The molecule has 6 heteroatoms. The summed E-state index contributed by atoms with van der Waals surface area (Å²) in [7, 11) is 1.55. The van der Waals surface area contributed by atoms with Crippen LogP contribution in [0.2, 0.25) is 0 Å². The number of hydrogen-bond donors (Lipinski definition) is 0. The van der Waals surface area contributed by atoms with E-state index < -0.39 is 11.6 Å². The van der Waals surface area contributed by atoms with Crippen LogP contribution < -0.4 is 10.4 Å². The first-order chi connectivity index (χ1) is 15.6. The van der Waals surface area contributed by atoms with E-state index in [1.807, 2.05) is 24.3 Å². The molecule has 0 amide bonds. The topological polar surface area (TPSA) is 78.6 Å². The average molecular weight is 429 g/mol. The second-order valence-electron chi connectivity index (χ2n) is 8.02. The standard InChI is InChI=1S/C26H23NO5/c1-30-17-11-12-18-16(13-24(28)32-23(18)14-17)15-31-26(29)25-19-7-3-2-4-9-21(19)27-22-10-6-5-8-20(22)25/h5-6,8,10-14H,2-4,7,9,15H2,1H3. The molecule has 0 fully saturated rings. The number of nitrogens with zero attached hydrogens (tertiary/aromatic N) is 1. The maximum atomic E-state index is 13.4. The number of carbonyl (C=O) groups is 1. The summed E-state index contributed by atoms with van der Waals surface area (Å²) in [4.78, 5) is 30.3. The van der Waals surface area contributed by atoms with E-state index in [-0.39, 0.29) is 6.61 Å². The van der Waals surface area contributed by atoms with Crippen molar-refractivity contribution in [2.75, 3.05) is 7.11 Å². The van der Waals surface area contributed by atoms with E-state index in [4.69, 9.17) is 18.9 Å². The van der Waals surface area contributed by atoms with Gasteiger partial charge in [-0.05, 0) is 49.4 Å². The lowest BCUT2D eigenvalue weighted by Crippen LogP contribution is -2.13. The van der Waals surface area contributed by atoms with Gasteiger partial charge >= 0.3 is 11.6 Å². The molecule has 0 aliphatic heterocycles. The van der Waals surface area contributed by atoms with Crippen molar-refractivity contribution in [3.8, 4) is 5.75 Å². The molecule has 4 aromatic rings. The summed E-state index contributed by atoms with van der Waals surface area (Å²) in [6.07, 6.45) is 4.90. The smallest absolute Gasteiger partial charge is 0.339 e. The van der Waals surface area contributed by atoms with Gasteiger partial charge in [-0.2, -0.15) is 0 Å². The largest absolute Gasteiger partial charge is 0.497 e. The fraction of sp³-hybridized carbons (Fsp3) is 0.269. The first kappa shape index (κ1) is 20.2. The predicted molar refractivity (Wildman–Crippen MR) is 121 cm³/mol. The molecule has 0 saturated heterocycles. The molecule has 0 radical (unpaired) electrons. The number of para-hydroxylation sites is 1. The van der Waals surface area contributed by atoms with Crippen LogP contribution in [0.1, 0.15) is 46.4 Å². The van der Waals surface area contributed by atoms with Gasteiger partial charge in [-0.3, -0.25) is 4.98 Å². The molecule has 2 aromatic carbocycles. The van der Waals surface area contributed by atoms with Crippen LogP contribution in [0.4, 0.5) is 0 Å². The molecule has 162 valence electrons. The molecule has 0 bridgehead atoms. The fourth-order valence-corrected chi connectivity index (χ4v) is 4.45. The van der Waals surface area contributed by atoms with Crippen molar-refractivity contribution < 1.29 is 18.7 Å². The van der Waals surface area contributed by atoms with Crippen molar-refractivity contribution in [2.24, 2.45) is 0 Å².